The van der Waals surface area contributed by atoms with E-state index in [1.54, 1.807) is 20.8 Å². The van der Waals surface area contributed by atoms with E-state index in [1.165, 1.54) is 6.07 Å². The van der Waals surface area contributed by atoms with Crippen LogP contribution < -0.4 is 5.32 Å². The minimum atomic E-state index is -1.03. The first-order valence-electron chi connectivity index (χ1n) is 6.44. The Morgan fingerprint density at radius 3 is 2.57 bits per heavy atom. The molecule has 0 saturated carbocycles. The number of urea groups is 1. The van der Waals surface area contributed by atoms with Gasteiger partial charge in [-0.1, -0.05) is 6.07 Å². The highest BCUT2D eigenvalue weighted by Crippen LogP contribution is 2.27. The summed E-state index contributed by atoms with van der Waals surface area (Å²) in [7, 11) is 0. The predicted molar refractivity (Wildman–Crippen MR) is 70.6 cm³/mol. The van der Waals surface area contributed by atoms with Crippen LogP contribution in [0.5, 0.6) is 0 Å². The van der Waals surface area contributed by atoms with Crippen LogP contribution in [-0.4, -0.2) is 29.2 Å². The van der Waals surface area contributed by atoms with Gasteiger partial charge < -0.3 is 10.1 Å². The fourth-order valence-corrected chi connectivity index (χ4v) is 2.01. The summed E-state index contributed by atoms with van der Waals surface area (Å²) in [6, 6.07) is 1.90. The monoisotopic (exact) mass is 298 g/mol. The van der Waals surface area contributed by atoms with Crippen molar-refractivity contribution in [2.75, 3.05) is 6.54 Å². The molecular formula is C14H16F2N2O3. The zero-order valence-corrected chi connectivity index (χ0v) is 11.9. The lowest BCUT2D eigenvalue weighted by molar-refractivity contribution is 0.0298. The van der Waals surface area contributed by atoms with Gasteiger partial charge in [0.2, 0.25) is 0 Å². The molecule has 0 aliphatic carbocycles. The molecule has 0 aromatic heterocycles. The first-order valence-corrected chi connectivity index (χ1v) is 6.44. The van der Waals surface area contributed by atoms with E-state index >= 15 is 0 Å². The normalized spacial score (nSPS) is 18.6. The molecule has 1 saturated heterocycles. The highest BCUT2D eigenvalue weighted by atomic mass is 19.2. The summed E-state index contributed by atoms with van der Waals surface area (Å²) in [4.78, 5) is 24.7. The first kappa shape index (κ1) is 15.2. The Labute approximate surface area is 120 Å². The number of imide groups is 1. The van der Waals surface area contributed by atoms with Crippen molar-refractivity contribution in [3.8, 4) is 0 Å². The molecule has 0 bridgehead atoms. The van der Waals surface area contributed by atoms with Crippen molar-refractivity contribution in [1.82, 2.24) is 10.2 Å². The molecule has 1 N–H and O–H groups in total. The van der Waals surface area contributed by atoms with E-state index in [9.17, 15) is 18.4 Å². The van der Waals surface area contributed by atoms with Gasteiger partial charge in [-0.2, -0.15) is 0 Å². The molecule has 3 amide bonds. The van der Waals surface area contributed by atoms with Crippen molar-refractivity contribution in [1.29, 1.82) is 0 Å². The van der Waals surface area contributed by atoms with E-state index in [2.05, 4.69) is 5.32 Å². The molecule has 1 aromatic rings. The van der Waals surface area contributed by atoms with Gasteiger partial charge >= 0.3 is 12.1 Å². The number of nitrogens with one attached hydrogen (secondary N) is 1. The summed E-state index contributed by atoms with van der Waals surface area (Å²) >= 11 is 0. The molecule has 1 heterocycles. The Morgan fingerprint density at radius 1 is 1.33 bits per heavy atom. The number of benzene rings is 1. The second-order valence-electron chi connectivity index (χ2n) is 5.73. The minimum Gasteiger partial charge on any atom is -0.443 e. The summed E-state index contributed by atoms with van der Waals surface area (Å²) in [6.07, 6.45) is -0.827. The second kappa shape index (κ2) is 5.31. The molecule has 114 valence electrons. The smallest absolute Gasteiger partial charge is 0.419 e. The fourth-order valence-electron chi connectivity index (χ4n) is 2.01. The van der Waals surface area contributed by atoms with Gasteiger partial charge in [-0.05, 0) is 38.5 Å². The summed E-state index contributed by atoms with van der Waals surface area (Å²) in [5.41, 5.74) is -0.448. The van der Waals surface area contributed by atoms with Crippen LogP contribution in [0, 0.1) is 11.6 Å². The van der Waals surface area contributed by atoms with Gasteiger partial charge in [0, 0.05) is 6.54 Å². The lowest BCUT2D eigenvalue weighted by Crippen LogP contribution is -2.40. The Bertz CT molecular complexity index is 584. The Balaban J connectivity index is 2.28. The molecular weight excluding hydrogens is 282 g/mol. The molecule has 1 aromatic carbocycles. The number of rotatable bonds is 1. The van der Waals surface area contributed by atoms with E-state index in [1.807, 2.05) is 0 Å². The Hall–Kier alpha value is -2.18. The van der Waals surface area contributed by atoms with Crippen LogP contribution in [0.3, 0.4) is 0 Å². The summed E-state index contributed by atoms with van der Waals surface area (Å²) in [5, 5.41) is 2.49. The largest absolute Gasteiger partial charge is 0.443 e. The molecule has 7 heteroatoms. The van der Waals surface area contributed by atoms with Gasteiger partial charge in [0.25, 0.3) is 0 Å². The third-order valence-corrected chi connectivity index (χ3v) is 2.90. The average Bonchev–Trinajstić information content (AvgIpc) is 2.72. The molecule has 21 heavy (non-hydrogen) atoms. The number of nitrogens with zero attached hydrogens (tertiary/aromatic N) is 1. The van der Waals surface area contributed by atoms with Crippen molar-refractivity contribution in [3.63, 3.8) is 0 Å². The molecule has 1 fully saturated rings. The summed E-state index contributed by atoms with van der Waals surface area (Å²) in [6.45, 7) is 5.13. The number of halogens is 2. The van der Waals surface area contributed by atoms with Gasteiger partial charge in [-0.25, -0.2) is 23.3 Å². The number of carbonyl (C=O) groups excluding carboxylic acids is 2. The highest BCUT2D eigenvalue weighted by Gasteiger charge is 2.39. The van der Waals surface area contributed by atoms with Crippen LogP contribution in [0.1, 0.15) is 32.4 Å². The maximum atomic E-state index is 13.3. The molecule has 1 atom stereocenters. The molecule has 2 rings (SSSR count). The van der Waals surface area contributed by atoms with Gasteiger partial charge in [-0.15, -0.1) is 0 Å². The van der Waals surface area contributed by atoms with Crippen molar-refractivity contribution in [3.05, 3.63) is 35.4 Å². The number of carbonyl (C=O) groups is 2. The molecule has 5 nitrogen and oxygen atoms in total. The quantitative estimate of drug-likeness (QED) is 0.867. The molecule has 0 spiro atoms. The topological polar surface area (TPSA) is 58.6 Å². The maximum absolute atomic E-state index is 13.3. The van der Waals surface area contributed by atoms with E-state index in [0.29, 0.717) is 5.56 Å². The van der Waals surface area contributed by atoms with Crippen LogP contribution in [0.4, 0.5) is 18.4 Å². The van der Waals surface area contributed by atoms with Crippen molar-refractivity contribution >= 4 is 12.1 Å². The first-order chi connectivity index (χ1) is 9.69. The molecule has 0 radical (unpaired) electrons. The van der Waals surface area contributed by atoms with Gasteiger partial charge in [0.1, 0.15) is 5.60 Å². The minimum absolute atomic E-state index is 0.114. The Morgan fingerprint density at radius 2 is 2.00 bits per heavy atom. The van der Waals surface area contributed by atoms with Crippen LogP contribution in [-0.2, 0) is 4.74 Å². The van der Waals surface area contributed by atoms with Crippen LogP contribution >= 0.6 is 0 Å². The lowest BCUT2D eigenvalue weighted by atomic mass is 10.1. The SMILES string of the molecule is CC(C)(C)OC(=O)N1C(=O)NCC1c1ccc(F)c(F)c1. The van der Waals surface area contributed by atoms with Gasteiger partial charge in [0.15, 0.2) is 11.6 Å². The van der Waals surface area contributed by atoms with Crippen LogP contribution in [0.15, 0.2) is 18.2 Å². The average molecular weight is 298 g/mol. The maximum Gasteiger partial charge on any atom is 0.419 e. The van der Waals surface area contributed by atoms with Gasteiger partial charge in [0.05, 0.1) is 6.04 Å². The third-order valence-electron chi connectivity index (χ3n) is 2.90. The van der Waals surface area contributed by atoms with Crippen LogP contribution in [0.25, 0.3) is 0 Å². The number of hydrogen-bond acceptors (Lipinski definition) is 3. The van der Waals surface area contributed by atoms with E-state index in [4.69, 9.17) is 4.74 Å². The van der Waals surface area contributed by atoms with E-state index in [0.717, 1.165) is 17.0 Å². The molecule has 1 aliphatic heterocycles. The second-order valence-corrected chi connectivity index (χ2v) is 5.73. The van der Waals surface area contributed by atoms with E-state index in [-0.39, 0.29) is 6.54 Å². The standard InChI is InChI=1S/C14H16F2N2O3/c1-14(2,3)21-13(20)18-11(7-17-12(18)19)8-4-5-9(15)10(16)6-8/h4-6,11H,7H2,1-3H3,(H,17,19). The number of amides is 3. The third kappa shape index (κ3) is 3.29. The number of hydrogen-bond donors (Lipinski definition) is 1. The van der Waals surface area contributed by atoms with Crippen molar-refractivity contribution < 1.29 is 23.1 Å². The zero-order chi connectivity index (χ0) is 15.8. The lowest BCUT2D eigenvalue weighted by Gasteiger charge is -2.26. The highest BCUT2D eigenvalue weighted by molar-refractivity contribution is 5.93. The molecule has 1 unspecified atom stereocenters. The van der Waals surface area contributed by atoms with Gasteiger partial charge in [-0.3, -0.25) is 0 Å². The fraction of sp³-hybridized carbons (Fsp3) is 0.429. The molecule has 1 aliphatic rings. The van der Waals surface area contributed by atoms with Crippen molar-refractivity contribution in [2.24, 2.45) is 0 Å². The summed E-state index contributed by atoms with van der Waals surface area (Å²) in [5.74, 6) is -2.02. The zero-order valence-electron chi connectivity index (χ0n) is 11.9. The van der Waals surface area contributed by atoms with Crippen LogP contribution in [0.2, 0.25) is 0 Å². The summed E-state index contributed by atoms with van der Waals surface area (Å²) < 4.78 is 31.4. The van der Waals surface area contributed by atoms with E-state index < -0.39 is 35.4 Å². The Kier molecular flexibility index (Phi) is 3.85. The van der Waals surface area contributed by atoms with Crippen molar-refractivity contribution in [2.45, 2.75) is 32.4 Å². The number of ether oxygens (including phenoxy) is 1. The predicted octanol–water partition coefficient (Wildman–Crippen LogP) is 2.97.